The number of benzene rings is 3. The summed E-state index contributed by atoms with van der Waals surface area (Å²) in [7, 11) is 0. The number of nitrogens with zero attached hydrogens (tertiary/aromatic N) is 1. The molecule has 0 atom stereocenters. The van der Waals surface area contributed by atoms with Gasteiger partial charge in [-0.05, 0) is 70.4 Å². The molecule has 1 saturated carbocycles. The largest absolute Gasteiger partial charge is 0.478 e. The first-order valence-electron chi connectivity index (χ1n) is 11.9. The first kappa shape index (κ1) is 21.9. The van der Waals surface area contributed by atoms with Crippen LogP contribution < -0.4 is 0 Å². The molecule has 1 aliphatic rings. The maximum atomic E-state index is 10.9. The van der Waals surface area contributed by atoms with E-state index in [-0.39, 0.29) is 0 Å². The summed E-state index contributed by atoms with van der Waals surface area (Å²) in [5, 5.41) is 17.3. The molecule has 4 nitrogen and oxygen atoms in total. The van der Waals surface area contributed by atoms with Crippen LogP contribution >= 0.6 is 0 Å². The number of hydrogen-bond acceptors (Lipinski definition) is 2. The zero-order valence-corrected chi connectivity index (χ0v) is 19.1. The van der Waals surface area contributed by atoms with Gasteiger partial charge in [-0.25, -0.2) is 4.79 Å². The molecule has 1 fully saturated rings. The molecule has 1 heterocycles. The van der Waals surface area contributed by atoms with Gasteiger partial charge in [-0.15, -0.1) is 0 Å². The minimum Gasteiger partial charge on any atom is -0.478 e. The number of hydrogen-bond donors (Lipinski definition) is 2. The van der Waals surface area contributed by atoms with E-state index in [1.165, 1.54) is 60.5 Å². The van der Waals surface area contributed by atoms with E-state index in [4.69, 9.17) is 5.11 Å². The SMILES string of the molecule is O=C(O)/C=C/c1ccc(/C(=C(\c2ccccc2)C2CCCCC2)c2ccc3[nH]ncc3c2)cc1. The topological polar surface area (TPSA) is 66.0 Å². The van der Waals surface area contributed by atoms with Crippen molar-refractivity contribution in [2.75, 3.05) is 0 Å². The van der Waals surface area contributed by atoms with Gasteiger partial charge in [-0.3, -0.25) is 5.10 Å². The monoisotopic (exact) mass is 448 g/mol. The number of fused-ring (bicyclic) bond motifs is 1. The third-order valence-corrected chi connectivity index (χ3v) is 6.71. The third kappa shape index (κ3) is 4.72. The van der Waals surface area contributed by atoms with Crippen LogP contribution in [0.1, 0.15) is 54.4 Å². The molecule has 1 aliphatic carbocycles. The predicted octanol–water partition coefficient (Wildman–Crippen LogP) is 7.20. The number of carbonyl (C=O) groups is 1. The standard InChI is InChI=1S/C30H28N2O2/c33-28(34)18-13-21-11-14-24(15-12-21)30(25-16-17-27-26(19-25)20-31-32-27)29(22-7-3-1-4-8-22)23-9-5-2-6-10-23/h1,3-4,7-8,11-20,23H,2,5-6,9-10H2,(H,31,32)(H,33,34)/b18-13+,30-29-. The molecule has 0 amide bonds. The Hall–Kier alpha value is -3.92. The molecule has 0 saturated heterocycles. The number of allylic oxidation sites excluding steroid dienone is 1. The fraction of sp³-hybridized carbons (Fsp3) is 0.200. The van der Waals surface area contributed by atoms with Gasteiger partial charge in [-0.1, -0.05) is 79.9 Å². The van der Waals surface area contributed by atoms with E-state index in [0.29, 0.717) is 5.92 Å². The molecule has 0 unspecified atom stereocenters. The second kappa shape index (κ2) is 9.92. The lowest BCUT2D eigenvalue weighted by atomic mass is 9.76. The highest BCUT2D eigenvalue weighted by Crippen LogP contribution is 2.43. The highest BCUT2D eigenvalue weighted by molar-refractivity contribution is 6.01. The first-order valence-corrected chi connectivity index (χ1v) is 11.9. The van der Waals surface area contributed by atoms with Gasteiger partial charge in [-0.2, -0.15) is 5.10 Å². The van der Waals surface area contributed by atoms with Crippen LogP contribution in [0.25, 0.3) is 28.1 Å². The Morgan fingerprint density at radius 2 is 1.62 bits per heavy atom. The second-order valence-electron chi connectivity index (χ2n) is 8.96. The number of rotatable bonds is 6. The van der Waals surface area contributed by atoms with E-state index in [1.54, 1.807) is 6.08 Å². The van der Waals surface area contributed by atoms with Gasteiger partial charge >= 0.3 is 5.97 Å². The lowest BCUT2D eigenvalue weighted by molar-refractivity contribution is -0.131. The molecule has 5 rings (SSSR count). The van der Waals surface area contributed by atoms with Crippen molar-refractivity contribution in [2.45, 2.75) is 32.1 Å². The van der Waals surface area contributed by atoms with Crippen molar-refractivity contribution >= 4 is 34.1 Å². The van der Waals surface area contributed by atoms with Crippen molar-refractivity contribution < 1.29 is 9.90 Å². The summed E-state index contributed by atoms with van der Waals surface area (Å²) in [5.74, 6) is -0.445. The van der Waals surface area contributed by atoms with Crippen molar-refractivity contribution in [2.24, 2.45) is 5.92 Å². The summed E-state index contributed by atoms with van der Waals surface area (Å²) in [6.45, 7) is 0. The molecule has 0 radical (unpaired) electrons. The lowest BCUT2D eigenvalue weighted by Gasteiger charge is -2.28. The summed E-state index contributed by atoms with van der Waals surface area (Å²) >= 11 is 0. The van der Waals surface area contributed by atoms with Crippen LogP contribution in [0.2, 0.25) is 0 Å². The molecule has 34 heavy (non-hydrogen) atoms. The Morgan fingerprint density at radius 1 is 0.882 bits per heavy atom. The fourth-order valence-corrected chi connectivity index (χ4v) is 5.10. The Morgan fingerprint density at radius 3 is 2.35 bits per heavy atom. The Labute approximate surface area is 199 Å². The Bertz CT molecular complexity index is 1340. The highest BCUT2D eigenvalue weighted by atomic mass is 16.4. The van der Waals surface area contributed by atoms with Gasteiger partial charge in [0.15, 0.2) is 0 Å². The number of aliphatic carboxylic acids is 1. The fourth-order valence-electron chi connectivity index (χ4n) is 5.10. The van der Waals surface area contributed by atoms with E-state index in [9.17, 15) is 4.79 Å². The number of H-pyrrole nitrogens is 1. The molecule has 0 spiro atoms. The highest BCUT2D eigenvalue weighted by Gasteiger charge is 2.24. The number of carboxylic acid groups (broad SMARTS) is 1. The molecule has 4 aromatic rings. The van der Waals surface area contributed by atoms with Crippen molar-refractivity contribution in [3.63, 3.8) is 0 Å². The van der Waals surface area contributed by atoms with Crippen LogP contribution in [0.15, 0.2) is 85.1 Å². The van der Waals surface area contributed by atoms with Gasteiger partial charge in [0.2, 0.25) is 0 Å². The number of carboxylic acids is 1. The van der Waals surface area contributed by atoms with Gasteiger partial charge in [0.25, 0.3) is 0 Å². The van der Waals surface area contributed by atoms with Crippen molar-refractivity contribution in [3.8, 4) is 0 Å². The molecule has 2 N–H and O–H groups in total. The summed E-state index contributed by atoms with van der Waals surface area (Å²) in [6, 6.07) is 25.5. The Kier molecular flexibility index (Phi) is 6.39. The molecule has 0 bridgehead atoms. The van der Waals surface area contributed by atoms with Gasteiger partial charge in [0, 0.05) is 11.5 Å². The van der Waals surface area contributed by atoms with Crippen LogP contribution in [0, 0.1) is 5.92 Å². The summed E-state index contributed by atoms with van der Waals surface area (Å²) in [5.41, 5.74) is 8.12. The van der Waals surface area contributed by atoms with Gasteiger partial charge < -0.3 is 5.11 Å². The van der Waals surface area contributed by atoms with E-state index < -0.39 is 5.97 Å². The molecular formula is C30H28N2O2. The average molecular weight is 449 g/mol. The third-order valence-electron chi connectivity index (χ3n) is 6.71. The summed E-state index contributed by atoms with van der Waals surface area (Å²) in [6.07, 6.45) is 10.9. The van der Waals surface area contributed by atoms with Crippen LogP contribution in [-0.2, 0) is 4.79 Å². The van der Waals surface area contributed by atoms with E-state index in [1.807, 2.05) is 18.3 Å². The predicted molar refractivity (Wildman–Crippen MR) is 138 cm³/mol. The van der Waals surface area contributed by atoms with Crippen molar-refractivity contribution in [3.05, 3.63) is 107 Å². The average Bonchev–Trinajstić information content (AvgIpc) is 3.35. The smallest absolute Gasteiger partial charge is 0.328 e. The molecule has 1 aromatic heterocycles. The van der Waals surface area contributed by atoms with Crippen LogP contribution in [-0.4, -0.2) is 21.3 Å². The van der Waals surface area contributed by atoms with Crippen LogP contribution in [0.5, 0.6) is 0 Å². The van der Waals surface area contributed by atoms with Crippen molar-refractivity contribution in [1.82, 2.24) is 10.2 Å². The molecule has 4 heteroatoms. The lowest BCUT2D eigenvalue weighted by Crippen LogP contribution is -2.11. The maximum absolute atomic E-state index is 10.9. The molecule has 3 aromatic carbocycles. The van der Waals surface area contributed by atoms with Gasteiger partial charge in [0.1, 0.15) is 0 Å². The molecular weight excluding hydrogens is 420 g/mol. The van der Waals surface area contributed by atoms with E-state index in [2.05, 4.69) is 70.9 Å². The molecule has 0 aliphatic heterocycles. The van der Waals surface area contributed by atoms with E-state index in [0.717, 1.165) is 22.0 Å². The van der Waals surface area contributed by atoms with Gasteiger partial charge in [0.05, 0.1) is 11.7 Å². The minimum absolute atomic E-state index is 0.498. The van der Waals surface area contributed by atoms with Crippen LogP contribution in [0.3, 0.4) is 0 Å². The van der Waals surface area contributed by atoms with Crippen LogP contribution in [0.4, 0.5) is 0 Å². The number of aromatic amines is 1. The number of nitrogens with one attached hydrogen (secondary N) is 1. The second-order valence-corrected chi connectivity index (χ2v) is 8.96. The summed E-state index contributed by atoms with van der Waals surface area (Å²) in [4.78, 5) is 10.9. The zero-order valence-electron chi connectivity index (χ0n) is 19.1. The zero-order chi connectivity index (χ0) is 23.3. The minimum atomic E-state index is -0.943. The molecule has 170 valence electrons. The maximum Gasteiger partial charge on any atom is 0.328 e. The number of aromatic nitrogens is 2. The Balaban J connectivity index is 1.73. The van der Waals surface area contributed by atoms with E-state index >= 15 is 0 Å². The quantitative estimate of drug-likeness (QED) is 0.242. The first-order chi connectivity index (χ1) is 16.7. The van der Waals surface area contributed by atoms with Crippen molar-refractivity contribution in [1.29, 1.82) is 0 Å². The normalized spacial score (nSPS) is 15.5. The summed E-state index contributed by atoms with van der Waals surface area (Å²) < 4.78 is 0.